The highest BCUT2D eigenvalue weighted by Gasteiger charge is 2.31. The van der Waals surface area contributed by atoms with Crippen molar-refractivity contribution in [2.45, 2.75) is 6.18 Å². The second-order valence-electron chi connectivity index (χ2n) is 6.72. The molecule has 0 fully saturated rings. The molecule has 0 saturated heterocycles. The van der Waals surface area contributed by atoms with Crippen molar-refractivity contribution in [3.05, 3.63) is 77.1 Å². The number of carbonyl (C=O) groups excluding carboxylic acids is 1. The molecule has 0 aliphatic rings. The average molecular weight is 478 g/mol. The van der Waals surface area contributed by atoms with Gasteiger partial charge in [0.1, 0.15) is 11.5 Å². The van der Waals surface area contributed by atoms with Gasteiger partial charge >= 0.3 is 6.18 Å². The number of hydrogen-bond donors (Lipinski definition) is 4. The number of benzene rings is 1. The van der Waals surface area contributed by atoms with E-state index in [1.807, 2.05) is 0 Å². The number of aromatic nitrogens is 3. The van der Waals surface area contributed by atoms with E-state index in [0.717, 1.165) is 30.8 Å². The molecule has 0 aliphatic carbocycles. The Balaban J connectivity index is 1.81. The minimum atomic E-state index is -4.65. The van der Waals surface area contributed by atoms with Gasteiger partial charge in [-0.1, -0.05) is 5.92 Å². The summed E-state index contributed by atoms with van der Waals surface area (Å²) in [6.07, 6.45) is 6.00. The number of hydrazone groups is 1. The molecular weight excluding hydrogens is 461 g/mol. The van der Waals surface area contributed by atoms with Crippen LogP contribution in [0.25, 0.3) is 6.08 Å². The van der Waals surface area contributed by atoms with Crippen LogP contribution in [0.1, 0.15) is 33.0 Å². The molecule has 0 atom stereocenters. The molecular formula is C23H17F3N8O. The number of anilines is 1. The van der Waals surface area contributed by atoms with Gasteiger partial charge in [0.05, 0.1) is 29.2 Å². The molecule has 12 heteroatoms. The van der Waals surface area contributed by atoms with E-state index in [-0.39, 0.29) is 16.9 Å². The third kappa shape index (κ3) is 7.22. The van der Waals surface area contributed by atoms with Crippen molar-refractivity contribution >= 4 is 42.0 Å². The number of allylic oxidation sites excluding steroid dienone is 1. The van der Waals surface area contributed by atoms with Gasteiger partial charge in [0, 0.05) is 36.1 Å². The minimum absolute atomic E-state index is 0.0536. The van der Waals surface area contributed by atoms with E-state index < -0.39 is 17.6 Å². The third-order valence-corrected chi connectivity index (χ3v) is 4.17. The highest BCUT2D eigenvalue weighted by molar-refractivity contribution is 6.16. The number of rotatable bonds is 6. The molecule has 3 rings (SSSR count). The quantitative estimate of drug-likeness (QED) is 0.185. The Bertz CT molecular complexity index is 1380. The number of halogens is 3. The lowest BCUT2D eigenvalue weighted by Crippen LogP contribution is -2.13. The maximum Gasteiger partial charge on any atom is 0.416 e. The zero-order valence-electron chi connectivity index (χ0n) is 17.8. The molecule has 1 aromatic carbocycles. The van der Waals surface area contributed by atoms with Gasteiger partial charge in [-0.25, -0.2) is 4.98 Å². The Morgan fingerprint density at radius 3 is 2.71 bits per heavy atom. The zero-order chi connectivity index (χ0) is 25.3. The molecule has 0 radical (unpaired) electrons. The molecule has 176 valence electrons. The van der Waals surface area contributed by atoms with Crippen molar-refractivity contribution in [3.63, 3.8) is 0 Å². The summed E-state index contributed by atoms with van der Waals surface area (Å²) in [4.78, 5) is 27.5. The first-order valence-electron chi connectivity index (χ1n) is 9.77. The molecule has 9 nitrogen and oxygen atoms in total. The number of hydrogen-bond acceptors (Lipinski definition) is 7. The Labute approximate surface area is 197 Å². The number of imidazole rings is 1. The van der Waals surface area contributed by atoms with E-state index >= 15 is 0 Å². The van der Waals surface area contributed by atoms with E-state index in [1.54, 1.807) is 6.08 Å². The molecule has 35 heavy (non-hydrogen) atoms. The Morgan fingerprint density at radius 1 is 1.14 bits per heavy atom. The normalized spacial score (nSPS) is 11.6. The standard InChI is InChI=1S/C23H17F3N8O/c24-23(25,26)17-9-19(30-6-7-32-28)11-20(10-17)34-22(35)16-8-15(12-29-13-16)3-4-18-14-31-21(33-18)2-1-5-27/h1-2,5-14,27H,28H2,(H,31,33)(H,34,35)/b2-1-,27-5?,30-6?,32-7-. The van der Waals surface area contributed by atoms with Crippen LogP contribution in [0.2, 0.25) is 0 Å². The van der Waals surface area contributed by atoms with E-state index in [1.165, 1.54) is 36.8 Å². The Kier molecular flexibility index (Phi) is 7.86. The molecule has 5 N–H and O–H groups in total. The lowest BCUT2D eigenvalue weighted by molar-refractivity contribution is -0.137. The summed E-state index contributed by atoms with van der Waals surface area (Å²) < 4.78 is 39.8. The van der Waals surface area contributed by atoms with Gasteiger partial charge < -0.3 is 21.6 Å². The molecule has 0 bridgehead atoms. The first-order valence-corrected chi connectivity index (χ1v) is 9.77. The number of nitrogens with one attached hydrogen (secondary N) is 3. The predicted octanol–water partition coefficient (Wildman–Crippen LogP) is 3.79. The van der Waals surface area contributed by atoms with Crippen LogP contribution < -0.4 is 11.2 Å². The first kappa shape index (κ1) is 24.6. The minimum Gasteiger partial charge on any atom is -0.332 e. The smallest absolute Gasteiger partial charge is 0.332 e. The van der Waals surface area contributed by atoms with Gasteiger partial charge in [-0.3, -0.25) is 14.8 Å². The van der Waals surface area contributed by atoms with Gasteiger partial charge in [0.15, 0.2) is 0 Å². The lowest BCUT2D eigenvalue weighted by Gasteiger charge is -2.11. The monoisotopic (exact) mass is 478 g/mol. The van der Waals surface area contributed by atoms with Gasteiger partial charge in [-0.2, -0.15) is 18.3 Å². The van der Waals surface area contributed by atoms with Crippen LogP contribution >= 0.6 is 0 Å². The van der Waals surface area contributed by atoms with Crippen molar-refractivity contribution in [2.24, 2.45) is 15.9 Å². The molecule has 2 aromatic heterocycles. The average Bonchev–Trinajstić information content (AvgIpc) is 3.29. The van der Waals surface area contributed by atoms with Gasteiger partial charge in [-0.05, 0) is 42.3 Å². The number of carbonyl (C=O) groups is 1. The van der Waals surface area contributed by atoms with Gasteiger partial charge in [0.2, 0.25) is 0 Å². The van der Waals surface area contributed by atoms with Crippen LogP contribution in [0.3, 0.4) is 0 Å². The second kappa shape index (κ2) is 11.2. The van der Waals surface area contributed by atoms with Gasteiger partial charge in [0.25, 0.3) is 5.91 Å². The molecule has 3 aromatic rings. The molecule has 0 unspecified atom stereocenters. The van der Waals surface area contributed by atoms with Crippen LogP contribution in [0.4, 0.5) is 24.5 Å². The van der Waals surface area contributed by atoms with E-state index in [0.29, 0.717) is 17.1 Å². The number of nitrogens with two attached hydrogens (primary N) is 1. The predicted molar refractivity (Wildman–Crippen MR) is 127 cm³/mol. The molecule has 0 spiro atoms. The van der Waals surface area contributed by atoms with Crippen molar-refractivity contribution in [1.29, 1.82) is 5.41 Å². The number of aromatic amines is 1. The highest BCUT2D eigenvalue weighted by atomic mass is 19.4. The fraction of sp³-hybridized carbons (Fsp3) is 0.0435. The Hall–Kier alpha value is -5.05. The molecule has 2 heterocycles. The van der Waals surface area contributed by atoms with Crippen LogP contribution in [-0.2, 0) is 6.18 Å². The van der Waals surface area contributed by atoms with Crippen LogP contribution in [0, 0.1) is 17.3 Å². The summed E-state index contributed by atoms with van der Waals surface area (Å²) in [7, 11) is 0. The third-order valence-electron chi connectivity index (χ3n) is 4.17. The topological polar surface area (TPSA) is 145 Å². The van der Waals surface area contributed by atoms with Crippen molar-refractivity contribution in [2.75, 3.05) is 5.32 Å². The summed E-state index contributed by atoms with van der Waals surface area (Å²) in [6, 6.07) is 4.35. The number of amides is 1. The number of aliphatic imine (C=N–C) groups is 1. The summed E-state index contributed by atoms with van der Waals surface area (Å²) in [6.45, 7) is 0. The van der Waals surface area contributed by atoms with Gasteiger partial charge in [-0.15, -0.1) is 0 Å². The van der Waals surface area contributed by atoms with Crippen molar-refractivity contribution in [3.8, 4) is 11.8 Å². The SMILES string of the molecule is N=C/C=C\c1ncc(C#Cc2cncc(C(=O)Nc3cc(N=C/C=N\N)cc(C(F)(F)F)c3)c2)[nH]1. The fourth-order valence-corrected chi connectivity index (χ4v) is 2.68. The maximum absolute atomic E-state index is 13.3. The number of pyridine rings is 1. The summed E-state index contributed by atoms with van der Waals surface area (Å²) in [5.74, 6) is 10.5. The maximum atomic E-state index is 13.3. The van der Waals surface area contributed by atoms with Crippen LogP contribution in [-0.4, -0.2) is 39.5 Å². The number of H-pyrrole nitrogens is 1. The summed E-state index contributed by atoms with van der Waals surface area (Å²) in [5.41, 5.74) is -0.156. The van der Waals surface area contributed by atoms with Crippen molar-refractivity contribution in [1.82, 2.24) is 15.0 Å². The first-order chi connectivity index (χ1) is 16.8. The molecule has 1 amide bonds. The number of nitrogens with zero attached hydrogens (tertiary/aromatic N) is 4. The summed E-state index contributed by atoms with van der Waals surface area (Å²) in [5, 5.41) is 12.6. The number of alkyl halides is 3. The van der Waals surface area contributed by atoms with Crippen molar-refractivity contribution < 1.29 is 18.0 Å². The molecule has 0 aliphatic heterocycles. The summed E-state index contributed by atoms with van der Waals surface area (Å²) >= 11 is 0. The molecule has 0 saturated carbocycles. The second-order valence-corrected chi connectivity index (χ2v) is 6.72. The highest BCUT2D eigenvalue weighted by Crippen LogP contribution is 2.34. The van der Waals surface area contributed by atoms with E-state index in [2.05, 4.69) is 42.2 Å². The largest absolute Gasteiger partial charge is 0.416 e. The van der Waals surface area contributed by atoms with Crippen LogP contribution in [0.15, 0.2) is 59.0 Å². The van der Waals surface area contributed by atoms with E-state index in [4.69, 9.17) is 11.3 Å². The van der Waals surface area contributed by atoms with E-state index in [9.17, 15) is 18.0 Å². The van der Waals surface area contributed by atoms with Crippen LogP contribution in [0.5, 0.6) is 0 Å². The lowest BCUT2D eigenvalue weighted by atomic mass is 10.1. The zero-order valence-corrected chi connectivity index (χ0v) is 17.8. The fourth-order valence-electron chi connectivity index (χ4n) is 2.68. The Morgan fingerprint density at radius 2 is 1.97 bits per heavy atom.